The fraction of sp³-hybridized carbons (Fsp3) is 0.0769. The van der Waals surface area contributed by atoms with E-state index in [0.29, 0.717) is 5.75 Å². The van der Waals surface area contributed by atoms with Crippen LogP contribution in [0.1, 0.15) is 11.1 Å². The van der Waals surface area contributed by atoms with Gasteiger partial charge in [-0.15, -0.1) is 0 Å². The molecule has 68 valence electrons. The number of rotatable bonds is 0. The molecular weight excluding hydrogens is 178 g/mol. The van der Waals surface area contributed by atoms with E-state index in [9.17, 15) is 5.11 Å². The number of phenolic OH excluding ortho intramolecular Hbond substituents is 1. The van der Waals surface area contributed by atoms with E-state index in [4.69, 9.17) is 0 Å². The summed E-state index contributed by atoms with van der Waals surface area (Å²) in [5.74, 6) is 0.358. The fourth-order valence-corrected chi connectivity index (χ4v) is 2.13. The Morgan fingerprint density at radius 2 is 1.64 bits per heavy atom. The molecule has 0 saturated carbocycles. The predicted octanol–water partition coefficient (Wildman–Crippen LogP) is 2.96. The zero-order valence-electron chi connectivity index (χ0n) is 7.70. The monoisotopic (exact) mass is 188 g/mol. The molecule has 0 aliphatic heterocycles. The van der Waals surface area contributed by atoms with Crippen LogP contribution >= 0.6 is 0 Å². The molecule has 2 aromatic rings. The Morgan fingerprint density at radius 3 is 2.57 bits per heavy atom. The molecule has 1 aliphatic rings. The average molecular weight is 188 g/mol. The van der Waals surface area contributed by atoms with E-state index < -0.39 is 0 Å². The molecule has 1 nitrogen and oxygen atoms in total. The highest BCUT2D eigenvalue weighted by Crippen LogP contribution is 2.37. The summed E-state index contributed by atoms with van der Waals surface area (Å²) >= 11 is 0. The van der Waals surface area contributed by atoms with Gasteiger partial charge in [0, 0.05) is 0 Å². The minimum atomic E-state index is 0.358. The van der Waals surface area contributed by atoms with Crippen LogP contribution in [0, 0.1) is 0 Å². The number of benzene rings is 2. The maximum Gasteiger partial charge on any atom is 0.115 e. The second-order valence-electron chi connectivity index (χ2n) is 3.68. The van der Waals surface area contributed by atoms with Crippen molar-refractivity contribution in [1.82, 2.24) is 0 Å². The third kappa shape index (κ3) is 0.956. The molecule has 3 rings (SSSR count). The van der Waals surface area contributed by atoms with Crippen molar-refractivity contribution in [1.29, 1.82) is 0 Å². The molecule has 0 heterocycles. The largest absolute Gasteiger partial charge is 0.508 e. The second-order valence-corrected chi connectivity index (χ2v) is 3.68. The lowest BCUT2D eigenvalue weighted by Crippen LogP contribution is -1.78. The smallest absolute Gasteiger partial charge is 0.115 e. The van der Waals surface area contributed by atoms with Gasteiger partial charge in [-0.05, 0) is 40.8 Å². The van der Waals surface area contributed by atoms with Crippen LogP contribution in [0.3, 0.4) is 0 Å². The molecule has 14 heavy (non-hydrogen) atoms. The Hall–Kier alpha value is -1.76. The molecular formula is C13H10O. The molecule has 0 fully saturated rings. The van der Waals surface area contributed by atoms with Crippen molar-refractivity contribution in [3.05, 3.63) is 53.6 Å². The summed E-state index contributed by atoms with van der Waals surface area (Å²) in [7, 11) is 0. The van der Waals surface area contributed by atoms with Gasteiger partial charge in [0.25, 0.3) is 0 Å². The van der Waals surface area contributed by atoms with Gasteiger partial charge in [-0.1, -0.05) is 30.3 Å². The normalized spacial score (nSPS) is 12.3. The van der Waals surface area contributed by atoms with E-state index in [2.05, 4.69) is 24.3 Å². The summed E-state index contributed by atoms with van der Waals surface area (Å²) in [5.41, 5.74) is 5.15. The third-order valence-corrected chi connectivity index (χ3v) is 2.78. The summed E-state index contributed by atoms with van der Waals surface area (Å²) in [6.07, 6.45) is 0.944. The van der Waals surface area contributed by atoms with Gasteiger partial charge < -0.3 is 5.11 Å². The van der Waals surface area contributed by atoms with Crippen LogP contribution in [-0.4, -0.2) is 5.11 Å². The first kappa shape index (κ1) is 7.63. The summed E-state index contributed by atoms with van der Waals surface area (Å²) in [5, 5.41) is 9.38. The van der Waals surface area contributed by atoms with E-state index in [1.807, 2.05) is 12.1 Å². The molecule has 0 atom stereocenters. The number of fused-ring (bicyclic) bond motifs is 3. The molecule has 0 radical (unpaired) electrons. The Balaban J connectivity index is 2.27. The van der Waals surface area contributed by atoms with Crippen molar-refractivity contribution < 1.29 is 5.11 Å². The first-order valence-electron chi connectivity index (χ1n) is 4.75. The van der Waals surface area contributed by atoms with E-state index in [1.165, 1.54) is 22.3 Å². The summed E-state index contributed by atoms with van der Waals surface area (Å²) in [6, 6.07) is 14.0. The number of hydrogen-bond acceptors (Lipinski definition) is 1. The van der Waals surface area contributed by atoms with Gasteiger partial charge in [-0.3, -0.25) is 0 Å². The Morgan fingerprint density at radius 1 is 0.857 bits per heavy atom. The van der Waals surface area contributed by atoms with E-state index in [1.54, 1.807) is 6.07 Å². The van der Waals surface area contributed by atoms with Gasteiger partial charge in [0.05, 0.1) is 0 Å². The molecule has 1 N–H and O–H groups in total. The average Bonchev–Trinajstić information content (AvgIpc) is 2.54. The first-order chi connectivity index (χ1) is 6.84. The van der Waals surface area contributed by atoms with Crippen molar-refractivity contribution in [3.8, 4) is 16.9 Å². The van der Waals surface area contributed by atoms with E-state index in [-0.39, 0.29) is 0 Å². The second kappa shape index (κ2) is 2.61. The highest BCUT2D eigenvalue weighted by atomic mass is 16.3. The topological polar surface area (TPSA) is 20.2 Å². The van der Waals surface area contributed by atoms with Crippen molar-refractivity contribution >= 4 is 0 Å². The van der Waals surface area contributed by atoms with Crippen LogP contribution in [0.5, 0.6) is 5.75 Å². The van der Waals surface area contributed by atoms with Crippen molar-refractivity contribution in [2.24, 2.45) is 0 Å². The van der Waals surface area contributed by atoms with E-state index in [0.717, 1.165) is 6.42 Å². The third-order valence-electron chi connectivity index (χ3n) is 2.78. The Bertz CT molecular complexity index is 500. The van der Waals surface area contributed by atoms with Crippen molar-refractivity contribution in [2.75, 3.05) is 0 Å². The van der Waals surface area contributed by atoms with Gasteiger partial charge in [-0.25, -0.2) is 0 Å². The summed E-state index contributed by atoms with van der Waals surface area (Å²) < 4.78 is 0. The molecule has 1 heteroatoms. The maximum atomic E-state index is 9.38. The van der Waals surface area contributed by atoms with E-state index >= 15 is 0 Å². The lowest BCUT2D eigenvalue weighted by atomic mass is 10.1. The van der Waals surface area contributed by atoms with Gasteiger partial charge in [-0.2, -0.15) is 0 Å². The molecule has 0 saturated heterocycles. The van der Waals surface area contributed by atoms with Gasteiger partial charge in [0.1, 0.15) is 5.75 Å². The van der Waals surface area contributed by atoms with Crippen LogP contribution < -0.4 is 0 Å². The Labute approximate surface area is 82.6 Å². The molecule has 0 spiro atoms. The minimum absolute atomic E-state index is 0.358. The van der Waals surface area contributed by atoms with Crippen LogP contribution in [-0.2, 0) is 6.42 Å². The Kier molecular flexibility index (Phi) is 1.42. The molecule has 2 aromatic carbocycles. The van der Waals surface area contributed by atoms with Crippen LogP contribution in [0.15, 0.2) is 42.5 Å². The molecule has 0 bridgehead atoms. The molecule has 0 aromatic heterocycles. The molecule has 1 aliphatic carbocycles. The lowest BCUT2D eigenvalue weighted by molar-refractivity contribution is 0.475. The van der Waals surface area contributed by atoms with Crippen LogP contribution in [0.4, 0.5) is 0 Å². The lowest BCUT2D eigenvalue weighted by Gasteiger charge is -1.99. The van der Waals surface area contributed by atoms with Gasteiger partial charge >= 0.3 is 0 Å². The maximum absolute atomic E-state index is 9.38. The fourth-order valence-electron chi connectivity index (χ4n) is 2.13. The van der Waals surface area contributed by atoms with Crippen molar-refractivity contribution in [3.63, 3.8) is 0 Å². The number of aromatic hydroxyl groups is 1. The summed E-state index contributed by atoms with van der Waals surface area (Å²) in [4.78, 5) is 0. The molecule has 0 amide bonds. The van der Waals surface area contributed by atoms with Gasteiger partial charge in [0.2, 0.25) is 0 Å². The highest BCUT2D eigenvalue weighted by Gasteiger charge is 2.17. The number of phenols is 1. The highest BCUT2D eigenvalue weighted by molar-refractivity contribution is 5.77. The standard InChI is InChI=1S/C13H10O/c14-11-5-6-13-10(8-11)7-9-3-1-2-4-12(9)13/h1-6,8,14H,7H2/i1+1,2+1,3+1,4+1,9+1,12+1. The zero-order valence-corrected chi connectivity index (χ0v) is 7.70. The van der Waals surface area contributed by atoms with Gasteiger partial charge in [0.15, 0.2) is 0 Å². The minimum Gasteiger partial charge on any atom is -0.508 e. The van der Waals surface area contributed by atoms with Crippen molar-refractivity contribution in [2.45, 2.75) is 6.42 Å². The predicted molar refractivity (Wildman–Crippen MR) is 56.3 cm³/mol. The summed E-state index contributed by atoms with van der Waals surface area (Å²) in [6.45, 7) is 0. The quantitative estimate of drug-likeness (QED) is 0.575. The first-order valence-corrected chi connectivity index (χ1v) is 4.75. The molecule has 0 unspecified atom stereocenters. The SMILES string of the molecule is Oc1ccc2c(c1)C[13c]1[13cH][13cH][13cH][13cH][13c]1-2. The zero-order chi connectivity index (χ0) is 9.54. The van der Waals surface area contributed by atoms with Crippen LogP contribution in [0.25, 0.3) is 11.1 Å². The van der Waals surface area contributed by atoms with Crippen LogP contribution in [0.2, 0.25) is 0 Å². The number of hydrogen-bond donors (Lipinski definition) is 1.